The zero-order valence-corrected chi connectivity index (χ0v) is 13.3. The summed E-state index contributed by atoms with van der Waals surface area (Å²) in [6, 6.07) is 3.91. The van der Waals surface area contributed by atoms with Crippen LogP contribution in [0, 0.1) is 11.3 Å². The van der Waals surface area contributed by atoms with Crippen LogP contribution in [0.15, 0.2) is 0 Å². The molecule has 2 unspecified atom stereocenters. The van der Waals surface area contributed by atoms with Crippen molar-refractivity contribution < 1.29 is 0 Å². The van der Waals surface area contributed by atoms with E-state index >= 15 is 0 Å². The van der Waals surface area contributed by atoms with E-state index in [4.69, 9.17) is 0 Å². The van der Waals surface area contributed by atoms with Crippen LogP contribution in [0.5, 0.6) is 0 Å². The van der Waals surface area contributed by atoms with Gasteiger partial charge in [-0.05, 0) is 65.0 Å². The fraction of sp³-hybridized carbons (Fsp3) is 0.941. The van der Waals surface area contributed by atoms with Gasteiger partial charge in [0.25, 0.3) is 0 Å². The van der Waals surface area contributed by atoms with Crippen molar-refractivity contribution in [1.82, 2.24) is 10.2 Å². The van der Waals surface area contributed by atoms with Gasteiger partial charge in [0.05, 0.1) is 6.07 Å². The Kier molecular flexibility index (Phi) is 5.86. The molecule has 1 saturated carbocycles. The minimum atomic E-state index is -0.308. The normalized spacial score (nSPS) is 26.9. The summed E-state index contributed by atoms with van der Waals surface area (Å²) in [6.07, 6.45) is 11.4. The van der Waals surface area contributed by atoms with Crippen molar-refractivity contribution in [2.45, 2.75) is 89.3 Å². The van der Waals surface area contributed by atoms with Crippen LogP contribution >= 0.6 is 0 Å². The Balaban J connectivity index is 1.73. The van der Waals surface area contributed by atoms with E-state index in [0.717, 1.165) is 18.9 Å². The highest BCUT2D eigenvalue weighted by atomic mass is 15.2. The van der Waals surface area contributed by atoms with Gasteiger partial charge in [-0.3, -0.25) is 5.32 Å². The molecule has 0 aromatic rings. The van der Waals surface area contributed by atoms with Crippen molar-refractivity contribution in [1.29, 1.82) is 5.26 Å². The third-order valence-electron chi connectivity index (χ3n) is 4.84. The Labute approximate surface area is 124 Å². The van der Waals surface area contributed by atoms with E-state index < -0.39 is 0 Å². The van der Waals surface area contributed by atoms with E-state index in [1.807, 2.05) is 0 Å². The maximum atomic E-state index is 9.41. The van der Waals surface area contributed by atoms with Crippen molar-refractivity contribution in [3.05, 3.63) is 0 Å². The maximum Gasteiger partial charge on any atom is 0.104 e. The first-order chi connectivity index (χ1) is 9.67. The molecule has 0 spiro atoms. The number of piperidine rings is 1. The minimum Gasteiger partial charge on any atom is -0.300 e. The molecule has 0 aromatic heterocycles. The van der Waals surface area contributed by atoms with E-state index in [9.17, 15) is 5.26 Å². The van der Waals surface area contributed by atoms with Crippen molar-refractivity contribution in [2.24, 2.45) is 0 Å². The summed E-state index contributed by atoms with van der Waals surface area (Å²) in [5.74, 6) is 0. The van der Waals surface area contributed by atoms with Gasteiger partial charge < -0.3 is 4.90 Å². The van der Waals surface area contributed by atoms with Crippen LogP contribution in [-0.2, 0) is 0 Å². The molecule has 3 nitrogen and oxygen atoms in total. The first kappa shape index (κ1) is 15.8. The van der Waals surface area contributed by atoms with E-state index in [2.05, 4.69) is 30.1 Å². The van der Waals surface area contributed by atoms with Gasteiger partial charge >= 0.3 is 0 Å². The summed E-state index contributed by atoms with van der Waals surface area (Å²) in [5, 5.41) is 12.9. The van der Waals surface area contributed by atoms with Crippen molar-refractivity contribution >= 4 is 0 Å². The van der Waals surface area contributed by atoms with E-state index in [0.29, 0.717) is 6.04 Å². The fourth-order valence-corrected chi connectivity index (χ4v) is 3.49. The Hall–Kier alpha value is -0.590. The average molecular weight is 277 g/mol. The van der Waals surface area contributed by atoms with Gasteiger partial charge in [-0.25, -0.2) is 0 Å². The van der Waals surface area contributed by atoms with Crippen molar-refractivity contribution in [2.75, 3.05) is 13.1 Å². The molecule has 1 saturated heterocycles. The quantitative estimate of drug-likeness (QED) is 0.738. The molecule has 0 radical (unpaired) electrons. The third-order valence-corrected chi connectivity index (χ3v) is 4.84. The molecule has 114 valence electrons. The van der Waals surface area contributed by atoms with Crippen LogP contribution in [0.3, 0.4) is 0 Å². The molecular formula is C17H31N3. The number of nitrogens with one attached hydrogen (secondary N) is 1. The highest BCUT2D eigenvalue weighted by molar-refractivity contribution is 5.07. The molecule has 0 aromatic carbocycles. The topological polar surface area (TPSA) is 39.1 Å². The van der Waals surface area contributed by atoms with Gasteiger partial charge in [-0.2, -0.15) is 5.26 Å². The number of nitriles is 1. The molecule has 1 aliphatic heterocycles. The average Bonchev–Trinajstić information content (AvgIpc) is 3.25. The summed E-state index contributed by atoms with van der Waals surface area (Å²) >= 11 is 0. The predicted molar refractivity (Wildman–Crippen MR) is 83.5 cm³/mol. The lowest BCUT2D eigenvalue weighted by Gasteiger charge is -2.36. The molecule has 20 heavy (non-hydrogen) atoms. The second kappa shape index (κ2) is 7.43. The first-order valence-corrected chi connectivity index (χ1v) is 8.60. The van der Waals surface area contributed by atoms with Gasteiger partial charge in [0.1, 0.15) is 5.54 Å². The van der Waals surface area contributed by atoms with E-state index in [1.54, 1.807) is 0 Å². The Morgan fingerprint density at radius 1 is 1.30 bits per heavy atom. The lowest BCUT2D eigenvalue weighted by atomic mass is 9.95. The number of hydrogen-bond acceptors (Lipinski definition) is 3. The van der Waals surface area contributed by atoms with Crippen LogP contribution in [0.25, 0.3) is 0 Å². The maximum absolute atomic E-state index is 9.41. The van der Waals surface area contributed by atoms with Crippen molar-refractivity contribution in [3.63, 3.8) is 0 Å². The molecule has 1 aliphatic carbocycles. The lowest BCUT2D eigenvalue weighted by Crippen LogP contribution is -2.44. The van der Waals surface area contributed by atoms with Crippen LogP contribution in [0.2, 0.25) is 0 Å². The highest BCUT2D eigenvalue weighted by Gasteiger charge is 2.32. The monoisotopic (exact) mass is 277 g/mol. The number of likely N-dealkylation sites (tertiary alicyclic amines) is 1. The lowest BCUT2D eigenvalue weighted by molar-refractivity contribution is 0.134. The molecule has 2 atom stereocenters. The molecule has 3 heteroatoms. The molecule has 0 amide bonds. The summed E-state index contributed by atoms with van der Waals surface area (Å²) in [6.45, 7) is 6.81. The molecule has 2 fully saturated rings. The molecule has 1 heterocycles. The number of hydrogen-bond donors (Lipinski definition) is 1. The van der Waals surface area contributed by atoms with Crippen LogP contribution in [0.1, 0.15) is 71.6 Å². The molecular weight excluding hydrogens is 246 g/mol. The summed E-state index contributed by atoms with van der Waals surface area (Å²) in [7, 11) is 0. The van der Waals surface area contributed by atoms with Crippen LogP contribution in [0.4, 0.5) is 0 Å². The molecule has 1 N–H and O–H groups in total. The van der Waals surface area contributed by atoms with E-state index in [1.165, 1.54) is 58.0 Å². The van der Waals surface area contributed by atoms with Gasteiger partial charge in [-0.1, -0.05) is 19.8 Å². The zero-order chi connectivity index (χ0) is 14.4. The number of rotatable bonds is 8. The number of nitrogens with zero attached hydrogens (tertiary/aromatic N) is 2. The van der Waals surface area contributed by atoms with Crippen molar-refractivity contribution in [3.8, 4) is 6.07 Å². The Morgan fingerprint density at radius 2 is 2.10 bits per heavy atom. The third kappa shape index (κ3) is 4.75. The second-order valence-corrected chi connectivity index (χ2v) is 6.94. The fourth-order valence-electron chi connectivity index (χ4n) is 3.49. The molecule has 2 rings (SSSR count). The first-order valence-electron chi connectivity index (χ1n) is 8.60. The summed E-state index contributed by atoms with van der Waals surface area (Å²) < 4.78 is 0. The van der Waals surface area contributed by atoms with Gasteiger partial charge in [-0.15, -0.1) is 0 Å². The molecule has 0 bridgehead atoms. The predicted octanol–water partition coefficient (Wildman–Crippen LogP) is 3.46. The Morgan fingerprint density at radius 3 is 2.75 bits per heavy atom. The standard InChI is InChI=1S/C17H31N3/c1-3-7-16-8-4-5-12-20(16)13-6-11-17(2,14-18)19-15-9-10-15/h15-16,19H,3-13H2,1-2H3. The van der Waals surface area contributed by atoms with Gasteiger partial charge in [0.15, 0.2) is 0 Å². The minimum absolute atomic E-state index is 0.308. The summed E-state index contributed by atoms with van der Waals surface area (Å²) in [4.78, 5) is 2.68. The SMILES string of the molecule is CCCC1CCCCN1CCCC(C)(C#N)NC1CC1. The summed E-state index contributed by atoms with van der Waals surface area (Å²) in [5.41, 5.74) is -0.308. The smallest absolute Gasteiger partial charge is 0.104 e. The van der Waals surface area contributed by atoms with Gasteiger partial charge in [0.2, 0.25) is 0 Å². The van der Waals surface area contributed by atoms with Gasteiger partial charge in [0, 0.05) is 12.1 Å². The molecule has 2 aliphatic rings. The van der Waals surface area contributed by atoms with E-state index in [-0.39, 0.29) is 5.54 Å². The van der Waals surface area contributed by atoms with Crippen LogP contribution in [-0.4, -0.2) is 35.6 Å². The van der Waals surface area contributed by atoms with Crippen LogP contribution < -0.4 is 5.32 Å². The largest absolute Gasteiger partial charge is 0.300 e. The Bertz CT molecular complexity index is 330. The highest BCUT2D eigenvalue weighted by Crippen LogP contribution is 2.25. The zero-order valence-electron chi connectivity index (χ0n) is 13.3. The second-order valence-electron chi connectivity index (χ2n) is 6.94.